The van der Waals surface area contributed by atoms with Crippen LogP contribution in [0.5, 0.6) is 5.75 Å². The number of hydrogen-bond donors (Lipinski definition) is 1. The number of halogens is 1. The summed E-state index contributed by atoms with van der Waals surface area (Å²) >= 11 is 6.01. The second kappa shape index (κ2) is 8.37. The van der Waals surface area contributed by atoms with E-state index in [0.29, 0.717) is 10.8 Å². The zero-order valence-corrected chi connectivity index (χ0v) is 16.2. The molecule has 1 unspecified atom stereocenters. The SMILES string of the molecule is COc1ccc(Cl)cc1N(C(C)C(=O)NCc1ccncc1)S(C)(=O)=O. The van der Waals surface area contributed by atoms with Gasteiger partial charge in [-0.3, -0.25) is 14.1 Å². The number of hydrogen-bond acceptors (Lipinski definition) is 5. The molecule has 7 nitrogen and oxygen atoms in total. The third-order valence-electron chi connectivity index (χ3n) is 3.68. The molecule has 0 aliphatic rings. The highest BCUT2D eigenvalue weighted by Crippen LogP contribution is 2.34. The molecule has 1 heterocycles. The van der Waals surface area contributed by atoms with E-state index < -0.39 is 22.0 Å². The van der Waals surface area contributed by atoms with E-state index in [-0.39, 0.29) is 12.2 Å². The van der Waals surface area contributed by atoms with Crippen molar-refractivity contribution >= 4 is 33.2 Å². The van der Waals surface area contributed by atoms with Gasteiger partial charge in [-0.05, 0) is 42.8 Å². The Bertz CT molecular complexity index is 875. The first kappa shape index (κ1) is 20.0. The maximum absolute atomic E-state index is 12.6. The number of amides is 1. The fourth-order valence-electron chi connectivity index (χ4n) is 2.45. The summed E-state index contributed by atoms with van der Waals surface area (Å²) in [6.45, 7) is 1.76. The minimum atomic E-state index is -3.77. The fraction of sp³-hybridized carbons (Fsp3) is 0.294. The number of benzene rings is 1. The Morgan fingerprint density at radius 3 is 2.54 bits per heavy atom. The van der Waals surface area contributed by atoms with Gasteiger partial charge in [-0.15, -0.1) is 0 Å². The Balaban J connectivity index is 2.29. The monoisotopic (exact) mass is 397 g/mol. The van der Waals surface area contributed by atoms with Crippen molar-refractivity contribution in [1.82, 2.24) is 10.3 Å². The second-order valence-corrected chi connectivity index (χ2v) is 7.92. The predicted molar refractivity (Wildman–Crippen MR) is 101 cm³/mol. The number of sulfonamides is 1. The highest BCUT2D eigenvalue weighted by molar-refractivity contribution is 7.92. The summed E-state index contributed by atoms with van der Waals surface area (Å²) in [5.74, 6) is -0.150. The number of carbonyl (C=O) groups excluding carboxylic acids is 1. The molecule has 0 saturated heterocycles. The Hall–Kier alpha value is -2.32. The van der Waals surface area contributed by atoms with E-state index in [9.17, 15) is 13.2 Å². The van der Waals surface area contributed by atoms with Crippen LogP contribution in [0.2, 0.25) is 5.02 Å². The number of pyridine rings is 1. The Morgan fingerprint density at radius 1 is 1.31 bits per heavy atom. The van der Waals surface area contributed by atoms with Crippen molar-refractivity contribution in [1.29, 1.82) is 0 Å². The first-order valence-electron chi connectivity index (χ1n) is 7.73. The topological polar surface area (TPSA) is 88.6 Å². The van der Waals surface area contributed by atoms with Gasteiger partial charge in [0.2, 0.25) is 15.9 Å². The highest BCUT2D eigenvalue weighted by Gasteiger charge is 2.31. The minimum Gasteiger partial charge on any atom is -0.495 e. The van der Waals surface area contributed by atoms with Crippen LogP contribution < -0.4 is 14.4 Å². The summed E-state index contributed by atoms with van der Waals surface area (Å²) in [6.07, 6.45) is 4.26. The first-order chi connectivity index (χ1) is 12.2. The van der Waals surface area contributed by atoms with Gasteiger partial charge in [-0.2, -0.15) is 0 Å². The average molecular weight is 398 g/mol. The van der Waals surface area contributed by atoms with Gasteiger partial charge in [0.25, 0.3) is 0 Å². The van der Waals surface area contributed by atoms with E-state index in [0.717, 1.165) is 16.1 Å². The van der Waals surface area contributed by atoms with Crippen molar-refractivity contribution < 1.29 is 17.9 Å². The molecule has 26 heavy (non-hydrogen) atoms. The zero-order valence-electron chi connectivity index (χ0n) is 14.6. The molecule has 0 radical (unpaired) electrons. The average Bonchev–Trinajstić information content (AvgIpc) is 2.59. The largest absolute Gasteiger partial charge is 0.495 e. The van der Waals surface area contributed by atoms with Crippen LogP contribution in [0.1, 0.15) is 12.5 Å². The van der Waals surface area contributed by atoms with Crippen LogP contribution in [0.15, 0.2) is 42.7 Å². The van der Waals surface area contributed by atoms with Crippen LogP contribution >= 0.6 is 11.6 Å². The predicted octanol–water partition coefficient (Wildman–Crippen LogP) is 2.21. The van der Waals surface area contributed by atoms with Crippen LogP contribution in [0.3, 0.4) is 0 Å². The van der Waals surface area contributed by atoms with Crippen molar-refractivity contribution in [2.75, 3.05) is 17.7 Å². The molecule has 9 heteroatoms. The smallest absolute Gasteiger partial charge is 0.243 e. The third-order valence-corrected chi connectivity index (χ3v) is 5.15. The van der Waals surface area contributed by atoms with Gasteiger partial charge in [0, 0.05) is 24.0 Å². The molecule has 0 bridgehead atoms. The minimum absolute atomic E-state index is 0.203. The Morgan fingerprint density at radius 2 is 1.96 bits per heavy atom. The third kappa shape index (κ3) is 4.86. The van der Waals surface area contributed by atoms with Gasteiger partial charge >= 0.3 is 0 Å². The molecule has 0 saturated carbocycles. The second-order valence-electron chi connectivity index (χ2n) is 5.62. The van der Waals surface area contributed by atoms with Crippen molar-refractivity contribution in [3.05, 3.63) is 53.3 Å². The van der Waals surface area contributed by atoms with Crippen molar-refractivity contribution in [3.8, 4) is 5.75 Å². The van der Waals surface area contributed by atoms with E-state index in [1.807, 2.05) is 0 Å². The van der Waals surface area contributed by atoms with Gasteiger partial charge in [0.05, 0.1) is 19.1 Å². The summed E-state index contributed by atoms with van der Waals surface area (Å²) in [6, 6.07) is 7.11. The lowest BCUT2D eigenvalue weighted by atomic mass is 10.2. The van der Waals surface area contributed by atoms with E-state index >= 15 is 0 Å². The van der Waals surface area contributed by atoms with Gasteiger partial charge in [-0.1, -0.05) is 11.6 Å². The Kier molecular flexibility index (Phi) is 6.44. The molecule has 0 fully saturated rings. The fourth-order valence-corrected chi connectivity index (χ4v) is 3.79. The van der Waals surface area contributed by atoms with Crippen LogP contribution in [0, 0.1) is 0 Å². The molecule has 0 spiro atoms. The molecular formula is C17H20ClN3O4S. The zero-order chi connectivity index (χ0) is 19.3. The van der Waals surface area contributed by atoms with Crippen LogP contribution in [-0.2, 0) is 21.4 Å². The molecule has 1 amide bonds. The molecular weight excluding hydrogens is 378 g/mol. The van der Waals surface area contributed by atoms with Crippen molar-refractivity contribution in [2.45, 2.75) is 19.5 Å². The molecule has 140 valence electrons. The van der Waals surface area contributed by atoms with Crippen molar-refractivity contribution in [3.63, 3.8) is 0 Å². The molecule has 1 N–H and O–H groups in total. The van der Waals surface area contributed by atoms with Crippen molar-refractivity contribution in [2.24, 2.45) is 0 Å². The summed E-state index contributed by atoms with van der Waals surface area (Å²) in [5, 5.41) is 3.06. The molecule has 1 aromatic carbocycles. The van der Waals surface area contributed by atoms with Gasteiger partial charge in [0.1, 0.15) is 11.8 Å². The maximum Gasteiger partial charge on any atom is 0.243 e. The quantitative estimate of drug-likeness (QED) is 0.773. The summed E-state index contributed by atoms with van der Waals surface area (Å²) in [7, 11) is -2.35. The molecule has 1 atom stereocenters. The highest BCUT2D eigenvalue weighted by atomic mass is 35.5. The van der Waals surface area contributed by atoms with Crippen LogP contribution in [0.4, 0.5) is 5.69 Å². The van der Waals surface area contributed by atoms with Crippen LogP contribution in [0.25, 0.3) is 0 Å². The van der Waals surface area contributed by atoms with E-state index in [1.54, 1.807) is 36.7 Å². The molecule has 0 aliphatic heterocycles. The number of aromatic nitrogens is 1. The number of carbonyl (C=O) groups is 1. The lowest BCUT2D eigenvalue weighted by molar-refractivity contribution is -0.122. The van der Waals surface area contributed by atoms with Gasteiger partial charge in [-0.25, -0.2) is 8.42 Å². The van der Waals surface area contributed by atoms with E-state index in [2.05, 4.69) is 10.3 Å². The number of rotatable bonds is 7. The number of methoxy groups -OCH3 is 1. The Labute approximate surface area is 158 Å². The number of ether oxygens (including phenoxy) is 1. The van der Waals surface area contributed by atoms with Crippen LogP contribution in [-0.4, -0.2) is 38.7 Å². The number of anilines is 1. The molecule has 2 aromatic rings. The first-order valence-corrected chi connectivity index (χ1v) is 9.96. The number of nitrogens with zero attached hydrogens (tertiary/aromatic N) is 2. The normalized spacial score (nSPS) is 12.3. The maximum atomic E-state index is 12.6. The number of nitrogens with one attached hydrogen (secondary N) is 1. The molecule has 1 aromatic heterocycles. The summed E-state index contributed by atoms with van der Waals surface area (Å²) in [5.41, 5.74) is 1.06. The van der Waals surface area contributed by atoms with Gasteiger partial charge < -0.3 is 10.1 Å². The standard InChI is InChI=1S/C17H20ClN3O4S/c1-12(17(22)20-11-13-6-8-19-9-7-13)21(26(3,23)24)15-10-14(18)4-5-16(15)25-2/h4-10,12H,11H2,1-3H3,(H,20,22). The lowest BCUT2D eigenvalue weighted by Gasteiger charge is -2.29. The van der Waals surface area contributed by atoms with Gasteiger partial charge in [0.15, 0.2) is 0 Å². The molecule has 2 rings (SSSR count). The molecule has 0 aliphatic carbocycles. The lowest BCUT2D eigenvalue weighted by Crippen LogP contribution is -2.47. The summed E-state index contributed by atoms with van der Waals surface area (Å²) < 4.78 is 31.0. The van der Waals surface area contributed by atoms with E-state index in [4.69, 9.17) is 16.3 Å². The summed E-state index contributed by atoms with van der Waals surface area (Å²) in [4.78, 5) is 16.5. The van der Waals surface area contributed by atoms with E-state index in [1.165, 1.54) is 20.1 Å².